The first-order valence-electron chi connectivity index (χ1n) is 6.12. The van der Waals surface area contributed by atoms with Gasteiger partial charge in [0.25, 0.3) is 0 Å². The Morgan fingerprint density at radius 1 is 1.37 bits per heavy atom. The number of aryl methyl sites for hydroxylation is 1. The van der Waals surface area contributed by atoms with Crippen molar-refractivity contribution < 1.29 is 4.74 Å². The van der Waals surface area contributed by atoms with Gasteiger partial charge < -0.3 is 15.0 Å². The average Bonchev–Trinajstić information content (AvgIpc) is 3.00. The van der Waals surface area contributed by atoms with Crippen molar-refractivity contribution in [2.24, 2.45) is 0 Å². The Bertz CT molecular complexity index is 729. The zero-order valence-electron chi connectivity index (χ0n) is 10.9. The molecule has 3 rings (SSSR count). The Labute approximate surface area is 115 Å². The average molecular weight is 273 g/mol. The van der Waals surface area contributed by atoms with Gasteiger partial charge in [-0.1, -0.05) is 0 Å². The molecule has 0 unspecified atom stereocenters. The molecule has 0 aliphatic heterocycles. The second kappa shape index (κ2) is 4.59. The lowest BCUT2D eigenvalue weighted by molar-refractivity contribution is 0.415. The normalized spacial score (nSPS) is 11.1. The first-order valence-corrected chi connectivity index (χ1v) is 7.00. The number of nitrogen functional groups attached to an aromatic ring is 1. The highest BCUT2D eigenvalue weighted by Gasteiger charge is 2.14. The number of hydrogen-bond donors (Lipinski definition) is 1. The molecule has 0 saturated heterocycles. The van der Waals surface area contributed by atoms with Crippen molar-refractivity contribution in [2.45, 2.75) is 13.5 Å². The van der Waals surface area contributed by atoms with Crippen molar-refractivity contribution >= 4 is 27.4 Å². The summed E-state index contributed by atoms with van der Waals surface area (Å²) in [5.41, 5.74) is 9.05. The highest BCUT2D eigenvalue weighted by molar-refractivity contribution is 7.14. The van der Waals surface area contributed by atoms with E-state index >= 15 is 0 Å². The van der Waals surface area contributed by atoms with E-state index in [1.165, 1.54) is 11.3 Å². The van der Waals surface area contributed by atoms with Gasteiger partial charge in [0.1, 0.15) is 11.6 Å². The number of aromatic nitrogens is 2. The highest BCUT2D eigenvalue weighted by atomic mass is 32.1. The molecular formula is C14H15N3OS. The molecule has 0 aliphatic carbocycles. The number of rotatable bonds is 3. The number of anilines is 1. The van der Waals surface area contributed by atoms with Gasteiger partial charge >= 0.3 is 0 Å². The topological polar surface area (TPSA) is 53.1 Å². The van der Waals surface area contributed by atoms with Gasteiger partial charge in [-0.05, 0) is 30.5 Å². The molecule has 0 spiro atoms. The van der Waals surface area contributed by atoms with E-state index in [4.69, 9.17) is 15.5 Å². The summed E-state index contributed by atoms with van der Waals surface area (Å²) in [6.45, 7) is 2.96. The van der Waals surface area contributed by atoms with Crippen LogP contribution in [0.1, 0.15) is 6.92 Å². The number of ether oxygens (including phenoxy) is 1. The van der Waals surface area contributed by atoms with Crippen LogP contribution in [0.25, 0.3) is 22.4 Å². The molecule has 98 valence electrons. The number of imidazole rings is 1. The molecule has 4 nitrogen and oxygen atoms in total. The molecule has 19 heavy (non-hydrogen) atoms. The Hall–Kier alpha value is -2.01. The third kappa shape index (κ3) is 1.86. The minimum Gasteiger partial charge on any atom is -0.497 e. The van der Waals surface area contributed by atoms with E-state index in [9.17, 15) is 0 Å². The van der Waals surface area contributed by atoms with Gasteiger partial charge in [0.05, 0.1) is 28.7 Å². The van der Waals surface area contributed by atoms with Crippen molar-refractivity contribution in [1.82, 2.24) is 9.55 Å². The number of benzene rings is 1. The van der Waals surface area contributed by atoms with Crippen molar-refractivity contribution in [3.63, 3.8) is 0 Å². The largest absolute Gasteiger partial charge is 0.497 e. The van der Waals surface area contributed by atoms with Crippen LogP contribution < -0.4 is 10.5 Å². The number of nitrogens with two attached hydrogens (primary N) is 1. The molecule has 2 N–H and O–H groups in total. The zero-order valence-corrected chi connectivity index (χ0v) is 11.7. The van der Waals surface area contributed by atoms with Crippen LogP contribution in [0.15, 0.2) is 29.6 Å². The van der Waals surface area contributed by atoms with Crippen molar-refractivity contribution in [3.05, 3.63) is 29.6 Å². The van der Waals surface area contributed by atoms with E-state index in [1.807, 2.05) is 29.6 Å². The van der Waals surface area contributed by atoms with Crippen molar-refractivity contribution in [2.75, 3.05) is 12.8 Å². The fraction of sp³-hybridized carbons (Fsp3) is 0.214. The third-order valence-corrected chi connectivity index (χ3v) is 3.95. The summed E-state index contributed by atoms with van der Waals surface area (Å²) in [4.78, 5) is 4.71. The second-order valence-electron chi connectivity index (χ2n) is 4.23. The van der Waals surface area contributed by atoms with Gasteiger partial charge in [-0.15, -0.1) is 11.3 Å². The minimum atomic E-state index is 0.803. The van der Waals surface area contributed by atoms with E-state index in [-0.39, 0.29) is 0 Å². The van der Waals surface area contributed by atoms with Gasteiger partial charge in [-0.25, -0.2) is 4.98 Å². The summed E-state index contributed by atoms with van der Waals surface area (Å²) in [5.74, 6) is 1.74. The van der Waals surface area contributed by atoms with Crippen molar-refractivity contribution in [3.8, 4) is 17.1 Å². The fourth-order valence-corrected chi connectivity index (χ4v) is 2.91. The van der Waals surface area contributed by atoms with Gasteiger partial charge in [0.2, 0.25) is 0 Å². The molecule has 0 amide bonds. The molecule has 0 bridgehead atoms. The Kier molecular flexibility index (Phi) is 2.91. The quantitative estimate of drug-likeness (QED) is 0.796. The highest BCUT2D eigenvalue weighted by Crippen LogP contribution is 2.33. The Balaban J connectivity index is 2.27. The van der Waals surface area contributed by atoms with Crippen LogP contribution in [-0.2, 0) is 6.54 Å². The van der Waals surface area contributed by atoms with E-state index < -0.39 is 0 Å². The van der Waals surface area contributed by atoms with Crippen LogP contribution in [0.2, 0.25) is 0 Å². The maximum Gasteiger partial charge on any atom is 0.144 e. The third-order valence-electron chi connectivity index (χ3n) is 3.21. The molecule has 0 fully saturated rings. The predicted molar refractivity (Wildman–Crippen MR) is 79.7 cm³/mol. The number of nitrogens with zero attached hydrogens (tertiary/aromatic N) is 2. The van der Waals surface area contributed by atoms with Crippen molar-refractivity contribution in [1.29, 1.82) is 0 Å². The maximum absolute atomic E-state index is 6.01. The van der Waals surface area contributed by atoms with E-state index in [0.29, 0.717) is 0 Å². The molecule has 0 aliphatic rings. The summed E-state index contributed by atoms with van der Waals surface area (Å²) >= 11 is 1.54. The zero-order chi connectivity index (χ0) is 13.4. The van der Waals surface area contributed by atoms with Crippen LogP contribution >= 0.6 is 11.3 Å². The lowest BCUT2D eigenvalue weighted by Gasteiger charge is -2.05. The summed E-state index contributed by atoms with van der Waals surface area (Å²) in [5, 5.41) is 2.79. The summed E-state index contributed by atoms with van der Waals surface area (Å²) in [6.07, 6.45) is 0. The summed E-state index contributed by atoms with van der Waals surface area (Å²) in [6, 6.07) is 7.96. The molecule has 2 heterocycles. The van der Waals surface area contributed by atoms with E-state index in [0.717, 1.165) is 39.7 Å². The molecule has 0 saturated carbocycles. The standard InChI is InChI=1S/C14H15N3OS/c1-3-17-12-5-4-9(18-2)8-11(12)16-14(17)10-6-7-19-13(10)15/h4-8H,3,15H2,1-2H3. The smallest absolute Gasteiger partial charge is 0.144 e. The second-order valence-corrected chi connectivity index (χ2v) is 5.18. The molecule has 1 aromatic carbocycles. The summed E-state index contributed by atoms with van der Waals surface area (Å²) in [7, 11) is 1.66. The number of thiophene rings is 1. The van der Waals surface area contributed by atoms with Crippen LogP contribution in [0.5, 0.6) is 5.75 Å². The predicted octanol–water partition coefficient (Wildman–Crippen LogP) is 3.38. The first kappa shape index (κ1) is 12.0. The number of hydrogen-bond acceptors (Lipinski definition) is 4. The van der Waals surface area contributed by atoms with Gasteiger partial charge in [-0.3, -0.25) is 0 Å². The van der Waals surface area contributed by atoms with Gasteiger partial charge in [-0.2, -0.15) is 0 Å². The fourth-order valence-electron chi connectivity index (χ4n) is 2.27. The number of fused-ring (bicyclic) bond motifs is 1. The van der Waals surface area contributed by atoms with E-state index in [2.05, 4.69) is 11.5 Å². The van der Waals surface area contributed by atoms with E-state index in [1.54, 1.807) is 7.11 Å². The lowest BCUT2D eigenvalue weighted by atomic mass is 10.3. The van der Waals surface area contributed by atoms with Gasteiger partial charge in [0, 0.05) is 12.6 Å². The van der Waals surface area contributed by atoms with Crippen LogP contribution in [0, 0.1) is 0 Å². The first-order chi connectivity index (χ1) is 9.24. The molecule has 3 aromatic rings. The lowest BCUT2D eigenvalue weighted by Crippen LogP contribution is -1.98. The van der Waals surface area contributed by atoms with Crippen LogP contribution in [0.3, 0.4) is 0 Å². The Morgan fingerprint density at radius 2 is 2.21 bits per heavy atom. The molecule has 0 atom stereocenters. The summed E-state index contributed by atoms with van der Waals surface area (Å²) < 4.78 is 7.42. The monoisotopic (exact) mass is 273 g/mol. The maximum atomic E-state index is 6.01. The Morgan fingerprint density at radius 3 is 2.84 bits per heavy atom. The van der Waals surface area contributed by atoms with Crippen LogP contribution in [0.4, 0.5) is 5.00 Å². The van der Waals surface area contributed by atoms with Crippen LogP contribution in [-0.4, -0.2) is 16.7 Å². The molecule has 2 aromatic heterocycles. The molecule has 5 heteroatoms. The molecular weight excluding hydrogens is 258 g/mol. The SMILES string of the molecule is CCn1c(-c2ccsc2N)nc2cc(OC)ccc21. The minimum absolute atomic E-state index is 0.803. The van der Waals surface area contributed by atoms with Gasteiger partial charge in [0.15, 0.2) is 0 Å². The molecule has 0 radical (unpaired) electrons. The number of methoxy groups -OCH3 is 1.